The molecule has 164 valence electrons. The molecule has 1 aliphatic heterocycles. The van der Waals surface area contributed by atoms with Crippen LogP contribution in [0.1, 0.15) is 11.1 Å². The van der Waals surface area contributed by atoms with Crippen molar-refractivity contribution in [2.45, 2.75) is 22.3 Å². The minimum Gasteiger partial charge on any atom is -0.321 e. The quantitative estimate of drug-likeness (QED) is 0.295. The van der Waals surface area contributed by atoms with Gasteiger partial charge in [-0.05, 0) is 42.3 Å². The Kier molecular flexibility index (Phi) is 7.01. The van der Waals surface area contributed by atoms with Crippen molar-refractivity contribution in [2.24, 2.45) is 10.2 Å². The molecule has 10 heteroatoms. The Hall–Kier alpha value is -2.98. The molecule has 1 N–H and O–H groups in total. The average molecular weight is 475 g/mol. The van der Waals surface area contributed by atoms with Crippen molar-refractivity contribution in [3.05, 3.63) is 83.9 Å². The van der Waals surface area contributed by atoms with Crippen LogP contribution in [0.25, 0.3) is 5.69 Å². The minimum atomic E-state index is -2.46. The molecule has 1 aliphatic rings. The van der Waals surface area contributed by atoms with Gasteiger partial charge in [-0.3, -0.25) is 4.79 Å². The van der Waals surface area contributed by atoms with Gasteiger partial charge in [0.1, 0.15) is 5.82 Å². The Bertz CT molecular complexity index is 1160. The van der Waals surface area contributed by atoms with Crippen molar-refractivity contribution in [3.63, 3.8) is 0 Å². The number of para-hydroxylation sites is 1. The van der Waals surface area contributed by atoms with Gasteiger partial charge in [-0.25, -0.2) is 4.39 Å². The summed E-state index contributed by atoms with van der Waals surface area (Å²) in [6.07, 6.45) is 5.41. The molecule has 1 saturated heterocycles. The Balaban J connectivity index is 1.35. The Morgan fingerprint density at radius 1 is 1.16 bits per heavy atom. The van der Waals surface area contributed by atoms with E-state index in [1.165, 1.54) is 24.0 Å². The van der Waals surface area contributed by atoms with E-state index in [9.17, 15) is 18.0 Å². The molecule has 2 heterocycles. The topological polar surface area (TPSA) is 58.8 Å². The van der Waals surface area contributed by atoms with Crippen molar-refractivity contribution in [1.82, 2.24) is 9.88 Å². The normalized spacial score (nSPS) is 17.6. The first-order valence-electron chi connectivity index (χ1n) is 9.53. The molecule has 32 heavy (non-hydrogen) atoms. The van der Waals surface area contributed by atoms with E-state index in [4.69, 9.17) is 0 Å². The van der Waals surface area contributed by atoms with Gasteiger partial charge in [0.15, 0.2) is 5.17 Å². The third-order valence-electron chi connectivity index (χ3n) is 4.55. The predicted molar refractivity (Wildman–Crippen MR) is 122 cm³/mol. The van der Waals surface area contributed by atoms with Gasteiger partial charge in [0.2, 0.25) is 5.91 Å². The summed E-state index contributed by atoms with van der Waals surface area (Å²) in [7, 11) is 0. The summed E-state index contributed by atoms with van der Waals surface area (Å²) in [5.41, 5.74) is 2.03. The zero-order valence-corrected chi connectivity index (χ0v) is 18.1. The molecule has 0 aliphatic carbocycles. The van der Waals surface area contributed by atoms with Crippen LogP contribution in [0, 0.1) is 5.82 Å². The van der Waals surface area contributed by atoms with Gasteiger partial charge in [-0.2, -0.15) is 13.9 Å². The molecule has 2 aromatic carbocycles. The van der Waals surface area contributed by atoms with E-state index in [1.807, 2.05) is 0 Å². The molecule has 5 nitrogen and oxygen atoms in total. The van der Waals surface area contributed by atoms with Crippen LogP contribution in [-0.4, -0.2) is 32.9 Å². The van der Waals surface area contributed by atoms with Gasteiger partial charge in [0, 0.05) is 22.9 Å². The van der Waals surface area contributed by atoms with E-state index >= 15 is 0 Å². The van der Waals surface area contributed by atoms with Gasteiger partial charge in [-0.1, -0.05) is 47.8 Å². The number of carbonyl (C=O) groups excluding carboxylic acids is 1. The third kappa shape index (κ3) is 5.63. The molecule has 0 saturated carbocycles. The lowest BCUT2D eigenvalue weighted by molar-refractivity contribution is -0.118. The number of rotatable bonds is 7. The molecule has 1 fully saturated rings. The first-order valence-corrected chi connectivity index (χ1v) is 11.3. The number of amides is 1. The van der Waals surface area contributed by atoms with E-state index in [0.29, 0.717) is 33.9 Å². The first-order chi connectivity index (χ1) is 15.5. The molecule has 0 radical (unpaired) electrons. The standard InChI is InChI=1S/C22H17F3N4OS2/c23-17-3-1-2-4-18(17)29-10-9-15(13-29)12-26-28-22-27-20(30)19(32-22)11-14-5-7-16(8-6-14)31-21(24)25/h1-10,12-13,19,21H,11H2,(H,27,28,30). The number of thioether (sulfide) groups is 2. The van der Waals surface area contributed by atoms with E-state index in [2.05, 4.69) is 15.5 Å². The highest BCUT2D eigenvalue weighted by atomic mass is 32.2. The highest BCUT2D eigenvalue weighted by Crippen LogP contribution is 2.27. The van der Waals surface area contributed by atoms with Crippen molar-refractivity contribution in [1.29, 1.82) is 0 Å². The molecule has 1 amide bonds. The number of hydrogen-bond donors (Lipinski definition) is 1. The van der Waals surface area contributed by atoms with Crippen molar-refractivity contribution >= 4 is 40.8 Å². The summed E-state index contributed by atoms with van der Waals surface area (Å²) < 4.78 is 40.4. The maximum Gasteiger partial charge on any atom is 0.288 e. The zero-order valence-electron chi connectivity index (χ0n) is 16.5. The highest BCUT2D eigenvalue weighted by Gasteiger charge is 2.30. The summed E-state index contributed by atoms with van der Waals surface area (Å²) in [5, 5.41) is 10.8. The number of carbonyl (C=O) groups is 1. The third-order valence-corrected chi connectivity index (χ3v) is 6.34. The van der Waals surface area contributed by atoms with E-state index in [0.717, 1.165) is 11.1 Å². The van der Waals surface area contributed by atoms with Gasteiger partial charge >= 0.3 is 0 Å². The number of benzene rings is 2. The van der Waals surface area contributed by atoms with Crippen molar-refractivity contribution in [2.75, 3.05) is 0 Å². The molecule has 0 bridgehead atoms. The van der Waals surface area contributed by atoms with E-state index in [-0.39, 0.29) is 17.0 Å². The molecule has 1 aromatic heterocycles. The predicted octanol–water partition coefficient (Wildman–Crippen LogP) is 5.10. The molecule has 1 unspecified atom stereocenters. The zero-order chi connectivity index (χ0) is 22.5. The number of amidine groups is 1. The summed E-state index contributed by atoms with van der Waals surface area (Å²) in [6, 6.07) is 14.9. The minimum absolute atomic E-state index is 0.180. The Labute approximate surface area is 190 Å². The van der Waals surface area contributed by atoms with Crippen molar-refractivity contribution in [3.8, 4) is 5.69 Å². The molecule has 3 aromatic rings. The number of aromatic nitrogens is 1. The van der Waals surface area contributed by atoms with E-state index < -0.39 is 5.76 Å². The molecule has 0 spiro atoms. The average Bonchev–Trinajstić information content (AvgIpc) is 3.36. The summed E-state index contributed by atoms with van der Waals surface area (Å²) in [4.78, 5) is 12.7. The molecule has 4 rings (SSSR count). The fourth-order valence-electron chi connectivity index (χ4n) is 3.06. The lowest BCUT2D eigenvalue weighted by atomic mass is 10.1. The second-order valence-electron chi connectivity index (χ2n) is 6.78. The summed E-state index contributed by atoms with van der Waals surface area (Å²) in [6.45, 7) is 0. The van der Waals surface area contributed by atoms with Crippen LogP contribution in [0.2, 0.25) is 0 Å². The van der Waals surface area contributed by atoms with Crippen LogP contribution in [0.5, 0.6) is 0 Å². The van der Waals surface area contributed by atoms with Crippen LogP contribution in [0.3, 0.4) is 0 Å². The van der Waals surface area contributed by atoms with Crippen molar-refractivity contribution < 1.29 is 18.0 Å². The lowest BCUT2D eigenvalue weighted by Crippen LogP contribution is -2.25. The fraction of sp³-hybridized carbons (Fsp3) is 0.136. The van der Waals surface area contributed by atoms with E-state index in [1.54, 1.807) is 65.5 Å². The molecule has 1 atom stereocenters. The van der Waals surface area contributed by atoms with Crippen LogP contribution >= 0.6 is 23.5 Å². The summed E-state index contributed by atoms with van der Waals surface area (Å²) >= 11 is 1.75. The van der Waals surface area contributed by atoms with Gasteiger partial charge in [-0.15, -0.1) is 5.10 Å². The maximum atomic E-state index is 13.9. The van der Waals surface area contributed by atoms with Crippen LogP contribution < -0.4 is 5.32 Å². The number of nitrogens with one attached hydrogen (secondary N) is 1. The van der Waals surface area contributed by atoms with Gasteiger partial charge in [0.25, 0.3) is 5.76 Å². The Morgan fingerprint density at radius 3 is 2.69 bits per heavy atom. The lowest BCUT2D eigenvalue weighted by Gasteiger charge is -2.06. The number of nitrogens with zero attached hydrogens (tertiary/aromatic N) is 3. The maximum absolute atomic E-state index is 13.9. The van der Waals surface area contributed by atoms with Crippen LogP contribution in [0.4, 0.5) is 13.2 Å². The highest BCUT2D eigenvalue weighted by molar-refractivity contribution is 8.15. The molecular weight excluding hydrogens is 457 g/mol. The smallest absolute Gasteiger partial charge is 0.288 e. The Morgan fingerprint density at radius 2 is 1.94 bits per heavy atom. The second-order valence-corrected chi connectivity index (χ2v) is 9.03. The SMILES string of the molecule is O=C1NC(=NN=Cc2ccn(-c3ccccc3F)c2)SC1Cc1ccc(SC(F)F)cc1. The second kappa shape index (κ2) is 10.1. The monoisotopic (exact) mass is 474 g/mol. The number of alkyl halides is 2. The van der Waals surface area contributed by atoms with Gasteiger partial charge < -0.3 is 9.88 Å². The summed E-state index contributed by atoms with van der Waals surface area (Å²) in [5.74, 6) is -2.97. The fourth-order valence-corrected chi connectivity index (χ4v) is 4.52. The van der Waals surface area contributed by atoms with Gasteiger partial charge in [0.05, 0.1) is 17.2 Å². The first kappa shape index (κ1) is 22.2. The number of halogens is 3. The molecular formula is C22H17F3N4OS2. The number of hydrogen-bond acceptors (Lipinski definition) is 5. The van der Waals surface area contributed by atoms with Crippen LogP contribution in [-0.2, 0) is 11.2 Å². The van der Waals surface area contributed by atoms with Crippen LogP contribution in [0.15, 0.2) is 82.1 Å². The largest absolute Gasteiger partial charge is 0.321 e.